The average Bonchev–Trinajstić information content (AvgIpc) is 3.16. The van der Waals surface area contributed by atoms with Crippen molar-refractivity contribution < 1.29 is 13.9 Å². The van der Waals surface area contributed by atoms with Crippen LogP contribution in [0.15, 0.2) is 54.7 Å². The molecule has 7 heteroatoms. The molecule has 2 heterocycles. The molecule has 0 spiro atoms. The van der Waals surface area contributed by atoms with Crippen LogP contribution in [-0.4, -0.2) is 28.9 Å². The molecular formula is C23H24FN3O2S. The molecule has 1 aromatic heterocycles. The van der Waals surface area contributed by atoms with E-state index in [2.05, 4.69) is 15.2 Å². The van der Waals surface area contributed by atoms with Crippen LogP contribution < -0.4 is 10.1 Å². The van der Waals surface area contributed by atoms with Crippen molar-refractivity contribution in [1.29, 1.82) is 0 Å². The van der Waals surface area contributed by atoms with E-state index < -0.39 is 5.82 Å². The number of para-hydroxylation sites is 1. The van der Waals surface area contributed by atoms with Crippen LogP contribution in [0.2, 0.25) is 0 Å². The van der Waals surface area contributed by atoms with Gasteiger partial charge in [0.1, 0.15) is 5.75 Å². The van der Waals surface area contributed by atoms with Gasteiger partial charge >= 0.3 is 0 Å². The van der Waals surface area contributed by atoms with Crippen molar-refractivity contribution in [2.45, 2.75) is 26.3 Å². The monoisotopic (exact) mass is 425 g/mol. The normalized spacial score (nSPS) is 15.1. The van der Waals surface area contributed by atoms with E-state index in [-0.39, 0.29) is 17.6 Å². The van der Waals surface area contributed by atoms with Gasteiger partial charge in [-0.3, -0.25) is 9.69 Å². The van der Waals surface area contributed by atoms with E-state index in [1.54, 1.807) is 53.8 Å². The first-order valence-electron chi connectivity index (χ1n) is 10.0. The quantitative estimate of drug-likeness (QED) is 0.587. The number of aryl methyl sites for hydroxylation is 1. The molecule has 0 bridgehead atoms. The maximum Gasteiger partial charge on any atom is 0.227 e. The van der Waals surface area contributed by atoms with E-state index in [0.29, 0.717) is 11.4 Å². The van der Waals surface area contributed by atoms with Crippen molar-refractivity contribution in [2.24, 2.45) is 5.92 Å². The Kier molecular flexibility index (Phi) is 6.40. The van der Waals surface area contributed by atoms with E-state index >= 15 is 0 Å². The Bertz CT molecular complexity index is 998. The van der Waals surface area contributed by atoms with Gasteiger partial charge in [0, 0.05) is 29.2 Å². The number of ether oxygens (including phenoxy) is 1. The highest BCUT2D eigenvalue weighted by Crippen LogP contribution is 2.26. The highest BCUT2D eigenvalue weighted by molar-refractivity contribution is 7.11. The van der Waals surface area contributed by atoms with Crippen LogP contribution in [0.3, 0.4) is 0 Å². The summed E-state index contributed by atoms with van der Waals surface area (Å²) in [6.45, 7) is 4.74. The number of carbonyl (C=O) groups excluding carboxylic acids is 1. The first kappa shape index (κ1) is 20.5. The van der Waals surface area contributed by atoms with Crippen molar-refractivity contribution in [1.82, 2.24) is 9.88 Å². The Morgan fingerprint density at radius 2 is 1.93 bits per heavy atom. The molecule has 0 saturated carbocycles. The third-order valence-corrected chi connectivity index (χ3v) is 6.09. The van der Waals surface area contributed by atoms with E-state index in [0.717, 1.165) is 37.5 Å². The van der Waals surface area contributed by atoms with Crippen LogP contribution in [0.5, 0.6) is 11.5 Å². The van der Waals surface area contributed by atoms with E-state index in [1.807, 2.05) is 13.1 Å². The zero-order valence-electron chi connectivity index (χ0n) is 16.8. The molecule has 5 nitrogen and oxygen atoms in total. The SMILES string of the molecule is Cc1ncc(CN2CCC(C(=O)Nc3ccc(Oc4ccccc4F)cc3)CC2)s1. The molecule has 156 valence electrons. The maximum absolute atomic E-state index is 13.7. The molecule has 1 N–H and O–H groups in total. The number of hydrogen-bond acceptors (Lipinski definition) is 5. The van der Waals surface area contributed by atoms with Gasteiger partial charge in [-0.25, -0.2) is 9.37 Å². The number of thiazole rings is 1. The predicted molar refractivity (Wildman–Crippen MR) is 116 cm³/mol. The number of anilines is 1. The first-order valence-corrected chi connectivity index (χ1v) is 10.9. The molecule has 30 heavy (non-hydrogen) atoms. The number of nitrogens with one attached hydrogen (secondary N) is 1. The summed E-state index contributed by atoms with van der Waals surface area (Å²) in [4.78, 5) is 20.6. The fourth-order valence-electron chi connectivity index (χ4n) is 3.56. The number of aromatic nitrogens is 1. The van der Waals surface area contributed by atoms with Gasteiger partial charge in [-0.2, -0.15) is 0 Å². The Morgan fingerprint density at radius 1 is 1.20 bits per heavy atom. The van der Waals surface area contributed by atoms with Crippen molar-refractivity contribution >= 4 is 22.9 Å². The first-order chi connectivity index (χ1) is 14.6. The predicted octanol–water partition coefficient (Wildman–Crippen LogP) is 5.23. The van der Waals surface area contributed by atoms with Crippen LogP contribution in [0.4, 0.5) is 10.1 Å². The van der Waals surface area contributed by atoms with Crippen molar-refractivity contribution in [3.8, 4) is 11.5 Å². The number of carbonyl (C=O) groups is 1. The molecule has 0 unspecified atom stereocenters. The third-order valence-electron chi connectivity index (χ3n) is 5.19. The lowest BCUT2D eigenvalue weighted by molar-refractivity contribution is -0.121. The van der Waals surface area contributed by atoms with E-state index in [1.165, 1.54) is 10.9 Å². The second kappa shape index (κ2) is 9.36. The molecule has 0 aliphatic carbocycles. The number of benzene rings is 2. The van der Waals surface area contributed by atoms with Gasteiger partial charge in [-0.15, -0.1) is 11.3 Å². The number of halogens is 1. The fourth-order valence-corrected chi connectivity index (χ4v) is 4.39. The Labute approximate surface area is 179 Å². The number of amides is 1. The van der Waals surface area contributed by atoms with E-state index in [4.69, 9.17) is 4.74 Å². The fraction of sp³-hybridized carbons (Fsp3) is 0.304. The molecular weight excluding hydrogens is 401 g/mol. The smallest absolute Gasteiger partial charge is 0.227 e. The second-order valence-corrected chi connectivity index (χ2v) is 8.76. The summed E-state index contributed by atoms with van der Waals surface area (Å²) in [5, 5.41) is 4.07. The molecule has 2 aromatic carbocycles. The molecule has 3 aromatic rings. The van der Waals surface area contributed by atoms with Gasteiger partial charge < -0.3 is 10.1 Å². The van der Waals surface area contributed by atoms with Crippen LogP contribution in [0, 0.1) is 18.7 Å². The standard InChI is InChI=1S/C23H24FN3O2S/c1-16-25-14-20(30-16)15-27-12-10-17(11-13-27)23(28)26-18-6-8-19(9-7-18)29-22-5-3-2-4-21(22)24/h2-9,14,17H,10-13,15H2,1H3,(H,26,28). The van der Waals surface area contributed by atoms with Gasteiger partial charge in [-0.05, 0) is 69.3 Å². The molecule has 1 aliphatic rings. The molecule has 0 atom stereocenters. The van der Waals surface area contributed by atoms with Crippen LogP contribution in [0.25, 0.3) is 0 Å². The molecule has 4 rings (SSSR count). The van der Waals surface area contributed by atoms with Gasteiger partial charge in [0.25, 0.3) is 0 Å². The molecule has 1 amide bonds. The molecule has 1 fully saturated rings. The lowest BCUT2D eigenvalue weighted by Gasteiger charge is -2.30. The Morgan fingerprint density at radius 3 is 2.60 bits per heavy atom. The minimum atomic E-state index is -0.410. The topological polar surface area (TPSA) is 54.5 Å². The Hall–Kier alpha value is -2.77. The summed E-state index contributed by atoms with van der Waals surface area (Å²) >= 11 is 1.73. The van der Waals surface area contributed by atoms with Crippen LogP contribution in [0.1, 0.15) is 22.7 Å². The van der Waals surface area contributed by atoms with Gasteiger partial charge in [-0.1, -0.05) is 12.1 Å². The number of piperidine rings is 1. The lowest BCUT2D eigenvalue weighted by atomic mass is 9.96. The van der Waals surface area contributed by atoms with Crippen LogP contribution in [-0.2, 0) is 11.3 Å². The number of likely N-dealkylation sites (tertiary alicyclic amines) is 1. The summed E-state index contributed by atoms with van der Waals surface area (Å²) in [7, 11) is 0. The number of nitrogens with zero attached hydrogens (tertiary/aromatic N) is 2. The van der Waals surface area contributed by atoms with Crippen molar-refractivity contribution in [3.63, 3.8) is 0 Å². The number of hydrogen-bond donors (Lipinski definition) is 1. The van der Waals surface area contributed by atoms with E-state index in [9.17, 15) is 9.18 Å². The minimum absolute atomic E-state index is 0.0128. The maximum atomic E-state index is 13.7. The summed E-state index contributed by atoms with van der Waals surface area (Å²) < 4.78 is 19.2. The van der Waals surface area contributed by atoms with Gasteiger partial charge in [0.05, 0.1) is 5.01 Å². The number of rotatable bonds is 6. The van der Waals surface area contributed by atoms with Gasteiger partial charge in [0.15, 0.2) is 11.6 Å². The average molecular weight is 426 g/mol. The van der Waals surface area contributed by atoms with Crippen LogP contribution >= 0.6 is 11.3 Å². The third kappa shape index (κ3) is 5.23. The summed E-state index contributed by atoms with van der Waals surface area (Å²) in [5.74, 6) is 0.343. The molecule has 0 radical (unpaired) electrons. The summed E-state index contributed by atoms with van der Waals surface area (Å²) in [5.41, 5.74) is 0.712. The highest BCUT2D eigenvalue weighted by Gasteiger charge is 2.25. The summed E-state index contributed by atoms with van der Waals surface area (Å²) in [6, 6.07) is 13.3. The lowest BCUT2D eigenvalue weighted by Crippen LogP contribution is -2.37. The summed E-state index contributed by atoms with van der Waals surface area (Å²) in [6.07, 6.45) is 3.63. The highest BCUT2D eigenvalue weighted by atomic mass is 32.1. The molecule has 1 saturated heterocycles. The largest absolute Gasteiger partial charge is 0.454 e. The zero-order chi connectivity index (χ0) is 20.9. The second-order valence-electron chi connectivity index (χ2n) is 7.44. The van der Waals surface area contributed by atoms with Crippen molar-refractivity contribution in [2.75, 3.05) is 18.4 Å². The molecule has 1 aliphatic heterocycles. The van der Waals surface area contributed by atoms with Crippen molar-refractivity contribution in [3.05, 3.63) is 70.4 Å². The zero-order valence-corrected chi connectivity index (χ0v) is 17.6. The Balaban J connectivity index is 1.26. The van der Waals surface area contributed by atoms with Gasteiger partial charge in [0.2, 0.25) is 5.91 Å². The minimum Gasteiger partial charge on any atom is -0.454 e.